The molecule has 1 N–H and O–H groups in total. The number of benzene rings is 2. The summed E-state index contributed by atoms with van der Waals surface area (Å²) in [6, 6.07) is 12.7. The standard InChI is InChI=1S/C22H26ClN3O3/c1-3-29-22(28)17-5-8-19(9-6-17)24-21(27)15-25-10-12-26(13-11-25)20-14-18(23)7-4-16(20)2/h4-9,14H,3,10-13,15H2,1-2H3,(H,24,27). The van der Waals surface area contributed by atoms with E-state index in [0.29, 0.717) is 24.4 Å². The highest BCUT2D eigenvalue weighted by Crippen LogP contribution is 2.25. The molecule has 0 atom stereocenters. The average Bonchev–Trinajstić information content (AvgIpc) is 2.71. The van der Waals surface area contributed by atoms with Crippen molar-refractivity contribution in [3.8, 4) is 0 Å². The fourth-order valence-electron chi connectivity index (χ4n) is 3.38. The smallest absolute Gasteiger partial charge is 0.338 e. The molecular formula is C22H26ClN3O3. The molecule has 2 aromatic carbocycles. The number of aryl methyl sites for hydroxylation is 1. The molecule has 1 aliphatic rings. The van der Waals surface area contributed by atoms with Crippen LogP contribution in [-0.2, 0) is 9.53 Å². The van der Waals surface area contributed by atoms with Crippen molar-refractivity contribution in [3.63, 3.8) is 0 Å². The van der Waals surface area contributed by atoms with E-state index in [2.05, 4.69) is 22.0 Å². The Balaban J connectivity index is 1.48. The van der Waals surface area contributed by atoms with E-state index < -0.39 is 0 Å². The first-order valence-corrected chi connectivity index (χ1v) is 10.1. The zero-order valence-electron chi connectivity index (χ0n) is 16.8. The number of hydrogen-bond acceptors (Lipinski definition) is 5. The third-order valence-electron chi connectivity index (χ3n) is 4.93. The SMILES string of the molecule is CCOC(=O)c1ccc(NC(=O)CN2CCN(c3cc(Cl)ccc3C)CC2)cc1. The van der Waals surface area contributed by atoms with Gasteiger partial charge in [0.2, 0.25) is 5.91 Å². The average molecular weight is 416 g/mol. The maximum atomic E-state index is 12.4. The van der Waals surface area contributed by atoms with Crippen LogP contribution in [0.5, 0.6) is 0 Å². The third kappa shape index (κ3) is 5.71. The number of nitrogens with one attached hydrogen (secondary N) is 1. The number of carbonyl (C=O) groups is 2. The number of rotatable bonds is 6. The molecule has 7 heteroatoms. The number of halogens is 1. The second-order valence-corrected chi connectivity index (χ2v) is 7.48. The number of nitrogens with zero attached hydrogens (tertiary/aromatic N) is 2. The first-order chi connectivity index (χ1) is 14.0. The van der Waals surface area contributed by atoms with Crippen molar-refractivity contribution in [1.29, 1.82) is 0 Å². The number of amides is 1. The minimum Gasteiger partial charge on any atom is -0.462 e. The number of carbonyl (C=O) groups excluding carboxylic acids is 2. The van der Waals surface area contributed by atoms with Gasteiger partial charge in [-0.2, -0.15) is 0 Å². The van der Waals surface area contributed by atoms with E-state index in [1.807, 2.05) is 18.2 Å². The molecule has 1 fully saturated rings. The van der Waals surface area contributed by atoms with Crippen molar-refractivity contribution in [2.75, 3.05) is 49.5 Å². The molecule has 3 rings (SSSR count). The summed E-state index contributed by atoms with van der Waals surface area (Å²) in [5.74, 6) is -0.431. The maximum absolute atomic E-state index is 12.4. The summed E-state index contributed by atoms with van der Waals surface area (Å²) in [6.07, 6.45) is 0. The van der Waals surface area contributed by atoms with E-state index >= 15 is 0 Å². The normalized spacial score (nSPS) is 14.5. The summed E-state index contributed by atoms with van der Waals surface area (Å²) < 4.78 is 4.96. The van der Waals surface area contributed by atoms with Gasteiger partial charge in [-0.25, -0.2) is 4.79 Å². The molecule has 1 amide bonds. The van der Waals surface area contributed by atoms with Crippen LogP contribution in [0.4, 0.5) is 11.4 Å². The molecule has 1 heterocycles. The predicted octanol–water partition coefficient (Wildman–Crippen LogP) is 3.59. The van der Waals surface area contributed by atoms with Gasteiger partial charge in [-0.1, -0.05) is 17.7 Å². The first kappa shape index (κ1) is 21.1. The van der Waals surface area contributed by atoms with Gasteiger partial charge in [-0.15, -0.1) is 0 Å². The second-order valence-electron chi connectivity index (χ2n) is 7.04. The Hall–Kier alpha value is -2.57. The van der Waals surface area contributed by atoms with Gasteiger partial charge in [0.05, 0.1) is 18.7 Å². The fourth-order valence-corrected chi connectivity index (χ4v) is 3.54. The van der Waals surface area contributed by atoms with Crippen LogP contribution in [0.2, 0.25) is 5.02 Å². The van der Waals surface area contributed by atoms with Crippen LogP contribution in [0, 0.1) is 6.92 Å². The van der Waals surface area contributed by atoms with Crippen molar-refractivity contribution < 1.29 is 14.3 Å². The second kappa shape index (κ2) is 9.76. The molecule has 1 saturated heterocycles. The Morgan fingerprint density at radius 2 is 1.76 bits per heavy atom. The van der Waals surface area contributed by atoms with Crippen molar-refractivity contribution in [2.24, 2.45) is 0 Å². The molecule has 0 spiro atoms. The van der Waals surface area contributed by atoms with Gasteiger partial charge in [0.15, 0.2) is 0 Å². The monoisotopic (exact) mass is 415 g/mol. The number of ether oxygens (including phenoxy) is 1. The van der Waals surface area contributed by atoms with Gasteiger partial charge in [-0.05, 0) is 55.8 Å². The number of esters is 1. The van der Waals surface area contributed by atoms with Crippen LogP contribution in [0.25, 0.3) is 0 Å². The Labute approximate surface area is 176 Å². The first-order valence-electron chi connectivity index (χ1n) is 9.76. The highest BCUT2D eigenvalue weighted by molar-refractivity contribution is 6.30. The molecule has 0 aromatic heterocycles. The van der Waals surface area contributed by atoms with Crippen LogP contribution in [-0.4, -0.2) is 56.1 Å². The van der Waals surface area contributed by atoms with Crippen LogP contribution in [0.1, 0.15) is 22.8 Å². The minimum absolute atomic E-state index is 0.0683. The lowest BCUT2D eigenvalue weighted by Crippen LogP contribution is -2.48. The zero-order chi connectivity index (χ0) is 20.8. The van der Waals surface area contributed by atoms with Gasteiger partial charge in [-0.3, -0.25) is 9.69 Å². The van der Waals surface area contributed by atoms with Gasteiger partial charge in [0.1, 0.15) is 0 Å². The van der Waals surface area contributed by atoms with Gasteiger partial charge in [0.25, 0.3) is 0 Å². The molecule has 1 aliphatic heterocycles. The summed E-state index contributed by atoms with van der Waals surface area (Å²) in [5.41, 5.74) is 3.49. The molecule has 0 bridgehead atoms. The number of hydrogen-bond donors (Lipinski definition) is 1. The lowest BCUT2D eigenvalue weighted by Gasteiger charge is -2.36. The lowest BCUT2D eigenvalue weighted by molar-refractivity contribution is -0.117. The predicted molar refractivity (Wildman–Crippen MR) is 116 cm³/mol. The molecule has 154 valence electrons. The summed E-state index contributed by atoms with van der Waals surface area (Å²) in [7, 11) is 0. The summed E-state index contributed by atoms with van der Waals surface area (Å²) in [4.78, 5) is 28.5. The van der Waals surface area contributed by atoms with E-state index in [9.17, 15) is 9.59 Å². The topological polar surface area (TPSA) is 61.9 Å². The highest BCUT2D eigenvalue weighted by Gasteiger charge is 2.20. The highest BCUT2D eigenvalue weighted by atomic mass is 35.5. The van der Waals surface area contributed by atoms with Crippen LogP contribution < -0.4 is 10.2 Å². The molecule has 0 unspecified atom stereocenters. The molecule has 0 radical (unpaired) electrons. The Bertz CT molecular complexity index is 862. The van der Waals surface area contributed by atoms with Gasteiger partial charge >= 0.3 is 5.97 Å². The van der Waals surface area contributed by atoms with Crippen LogP contribution in [0.3, 0.4) is 0 Å². The largest absolute Gasteiger partial charge is 0.462 e. The quantitative estimate of drug-likeness (QED) is 0.730. The zero-order valence-corrected chi connectivity index (χ0v) is 17.5. The summed E-state index contributed by atoms with van der Waals surface area (Å²) >= 11 is 6.14. The van der Waals surface area contributed by atoms with Gasteiger partial charge in [0, 0.05) is 42.6 Å². The lowest BCUT2D eigenvalue weighted by atomic mass is 10.1. The van der Waals surface area contributed by atoms with Crippen molar-refractivity contribution in [1.82, 2.24) is 4.90 Å². The van der Waals surface area contributed by atoms with Crippen LogP contribution >= 0.6 is 11.6 Å². The van der Waals surface area contributed by atoms with Gasteiger partial charge < -0.3 is 15.0 Å². The van der Waals surface area contributed by atoms with Crippen molar-refractivity contribution >= 4 is 34.9 Å². The fraction of sp³-hybridized carbons (Fsp3) is 0.364. The summed E-state index contributed by atoms with van der Waals surface area (Å²) in [5, 5.41) is 3.62. The van der Waals surface area contributed by atoms with Crippen molar-refractivity contribution in [3.05, 3.63) is 58.6 Å². The van der Waals surface area contributed by atoms with Crippen LogP contribution in [0.15, 0.2) is 42.5 Å². The Morgan fingerprint density at radius 1 is 1.07 bits per heavy atom. The minimum atomic E-state index is -0.363. The molecule has 0 saturated carbocycles. The molecule has 6 nitrogen and oxygen atoms in total. The third-order valence-corrected chi connectivity index (χ3v) is 5.17. The molecule has 29 heavy (non-hydrogen) atoms. The maximum Gasteiger partial charge on any atom is 0.338 e. The van der Waals surface area contributed by atoms with E-state index in [0.717, 1.165) is 36.9 Å². The van der Waals surface area contributed by atoms with E-state index in [-0.39, 0.29) is 11.9 Å². The number of anilines is 2. The molecule has 2 aromatic rings. The molecule has 0 aliphatic carbocycles. The van der Waals surface area contributed by atoms with E-state index in [4.69, 9.17) is 16.3 Å². The summed E-state index contributed by atoms with van der Waals surface area (Å²) in [6.45, 7) is 7.83. The number of piperazine rings is 1. The Morgan fingerprint density at radius 3 is 2.41 bits per heavy atom. The van der Waals surface area contributed by atoms with Crippen molar-refractivity contribution in [2.45, 2.75) is 13.8 Å². The Kier molecular flexibility index (Phi) is 7.12. The molecular weight excluding hydrogens is 390 g/mol. The van der Waals surface area contributed by atoms with E-state index in [1.54, 1.807) is 31.2 Å². The van der Waals surface area contributed by atoms with E-state index in [1.165, 1.54) is 5.56 Å².